The molecular formula is C44H28N4O. The number of rotatable bonds is 2. The number of para-hydroxylation sites is 5. The smallest absolute Gasteiger partial charge is 0.160 e. The van der Waals surface area contributed by atoms with Crippen molar-refractivity contribution in [3.8, 4) is 0 Å². The molecule has 0 spiro atoms. The SMILES string of the molecule is c1ccc2c(c1)NC(n1c3cccc4c5cccc6c7ccccc7n(c7cccc1c7c43)c56)NC2c1cccc2c1oc1ccccc12. The molecule has 230 valence electrons. The van der Waals surface area contributed by atoms with Gasteiger partial charge in [-0.1, -0.05) is 109 Å². The average Bonchev–Trinajstić information content (AvgIpc) is 3.79. The molecule has 0 amide bonds. The number of aromatic nitrogens is 2. The number of hydrogen-bond acceptors (Lipinski definition) is 3. The Labute approximate surface area is 279 Å². The summed E-state index contributed by atoms with van der Waals surface area (Å²) in [5.74, 6) is 0. The molecule has 2 atom stereocenters. The molecule has 49 heavy (non-hydrogen) atoms. The van der Waals surface area contributed by atoms with Crippen molar-refractivity contribution < 1.29 is 4.42 Å². The molecule has 5 heteroatoms. The van der Waals surface area contributed by atoms with E-state index in [-0.39, 0.29) is 12.3 Å². The fourth-order valence-corrected chi connectivity index (χ4v) is 9.00. The Morgan fingerprint density at radius 1 is 0.469 bits per heavy atom. The zero-order chi connectivity index (χ0) is 31.8. The lowest BCUT2D eigenvalue weighted by Crippen LogP contribution is -2.40. The van der Waals surface area contributed by atoms with E-state index in [4.69, 9.17) is 4.42 Å². The van der Waals surface area contributed by atoms with Gasteiger partial charge in [0.05, 0.1) is 33.6 Å². The monoisotopic (exact) mass is 628 g/mol. The van der Waals surface area contributed by atoms with Gasteiger partial charge in [0.2, 0.25) is 0 Å². The van der Waals surface area contributed by atoms with Gasteiger partial charge < -0.3 is 18.7 Å². The van der Waals surface area contributed by atoms with Crippen molar-refractivity contribution in [1.82, 2.24) is 14.3 Å². The quantitative estimate of drug-likeness (QED) is 0.200. The van der Waals surface area contributed by atoms with Crippen LogP contribution in [0.3, 0.4) is 0 Å². The first-order chi connectivity index (χ1) is 24.3. The minimum absolute atomic E-state index is 0.104. The molecule has 1 aliphatic rings. The molecule has 0 saturated heterocycles. The van der Waals surface area contributed by atoms with Gasteiger partial charge in [0.15, 0.2) is 6.29 Å². The number of anilines is 1. The maximum atomic E-state index is 6.59. The highest BCUT2D eigenvalue weighted by atomic mass is 16.3. The second-order valence-corrected chi connectivity index (χ2v) is 13.4. The van der Waals surface area contributed by atoms with Crippen molar-refractivity contribution in [2.75, 3.05) is 5.32 Å². The molecular weight excluding hydrogens is 601 g/mol. The first-order valence-electron chi connectivity index (χ1n) is 16.9. The average molecular weight is 629 g/mol. The van der Waals surface area contributed by atoms with Crippen molar-refractivity contribution >= 4 is 87.5 Å². The van der Waals surface area contributed by atoms with E-state index in [1.165, 1.54) is 65.5 Å². The summed E-state index contributed by atoms with van der Waals surface area (Å²) in [4.78, 5) is 0. The van der Waals surface area contributed by atoms with Crippen LogP contribution >= 0.6 is 0 Å². The van der Waals surface area contributed by atoms with Crippen LogP contribution in [0.5, 0.6) is 0 Å². The number of fused-ring (bicyclic) bond motifs is 9. The highest BCUT2D eigenvalue weighted by molar-refractivity contribution is 6.31. The van der Waals surface area contributed by atoms with Crippen LogP contribution in [-0.4, -0.2) is 8.97 Å². The minimum Gasteiger partial charge on any atom is -0.456 e. The number of furan rings is 1. The third-order valence-corrected chi connectivity index (χ3v) is 11.0. The van der Waals surface area contributed by atoms with E-state index >= 15 is 0 Å². The van der Waals surface area contributed by atoms with E-state index in [0.717, 1.165) is 33.2 Å². The van der Waals surface area contributed by atoms with Crippen LogP contribution < -0.4 is 10.6 Å². The van der Waals surface area contributed by atoms with E-state index < -0.39 is 0 Å². The summed E-state index contributed by atoms with van der Waals surface area (Å²) in [6.07, 6.45) is -0.235. The number of nitrogens with zero attached hydrogens (tertiary/aromatic N) is 2. The molecule has 5 nitrogen and oxygen atoms in total. The van der Waals surface area contributed by atoms with Gasteiger partial charge in [-0.15, -0.1) is 0 Å². The second-order valence-electron chi connectivity index (χ2n) is 13.4. The Bertz CT molecular complexity index is 3140. The maximum Gasteiger partial charge on any atom is 0.160 e. The normalized spacial score (nSPS) is 16.7. The Morgan fingerprint density at radius 2 is 1.08 bits per heavy atom. The third-order valence-electron chi connectivity index (χ3n) is 11.0. The molecule has 7 aromatic carbocycles. The number of nitrogens with one attached hydrogen (secondary N) is 2. The van der Waals surface area contributed by atoms with Crippen LogP contribution in [-0.2, 0) is 0 Å². The molecule has 0 fully saturated rings. The molecule has 0 saturated carbocycles. The van der Waals surface area contributed by atoms with E-state index in [0.29, 0.717) is 0 Å². The highest BCUT2D eigenvalue weighted by Crippen LogP contribution is 2.46. The Hall–Kier alpha value is -6.30. The molecule has 0 bridgehead atoms. The summed E-state index contributed by atoms with van der Waals surface area (Å²) in [6.45, 7) is 0. The molecule has 2 unspecified atom stereocenters. The first kappa shape index (κ1) is 25.7. The maximum absolute atomic E-state index is 6.59. The predicted molar refractivity (Wildman–Crippen MR) is 202 cm³/mol. The standard InChI is InChI=1S/C44H28N4O/c1-4-19-33-31(13-1)41(32-18-8-17-30-26-12-3-6-24-38(26)49-43(30)32)46-44(45-33)48-35-21-9-14-27-29-16-7-15-28-25-11-2-5-20-34(25)47(42(28)29)36-22-10-23-37(48)40(36)39(27)35/h1-24,41,44-46H. The van der Waals surface area contributed by atoms with Crippen LogP contribution in [0.25, 0.3) is 81.8 Å². The Morgan fingerprint density at radius 3 is 2.02 bits per heavy atom. The number of benzene rings is 7. The molecule has 2 N–H and O–H groups in total. The largest absolute Gasteiger partial charge is 0.456 e. The van der Waals surface area contributed by atoms with Gasteiger partial charge in [-0.2, -0.15) is 0 Å². The van der Waals surface area contributed by atoms with Crippen molar-refractivity contribution in [3.05, 3.63) is 157 Å². The van der Waals surface area contributed by atoms with E-state index in [9.17, 15) is 0 Å². The summed E-state index contributed by atoms with van der Waals surface area (Å²) in [5, 5.41) is 17.9. The van der Waals surface area contributed by atoms with Crippen LogP contribution in [0.1, 0.15) is 23.5 Å². The van der Waals surface area contributed by atoms with Crippen molar-refractivity contribution in [2.45, 2.75) is 12.3 Å². The topological polar surface area (TPSA) is 46.5 Å². The van der Waals surface area contributed by atoms with Gasteiger partial charge in [0.1, 0.15) is 11.2 Å². The van der Waals surface area contributed by atoms with Crippen LogP contribution in [0.15, 0.2) is 150 Å². The van der Waals surface area contributed by atoms with Crippen LogP contribution in [0.2, 0.25) is 0 Å². The van der Waals surface area contributed by atoms with E-state index in [1.54, 1.807) is 0 Å². The summed E-state index contributed by atoms with van der Waals surface area (Å²) >= 11 is 0. The van der Waals surface area contributed by atoms with Gasteiger partial charge in [0, 0.05) is 49.0 Å². The van der Waals surface area contributed by atoms with Crippen LogP contribution in [0, 0.1) is 0 Å². The van der Waals surface area contributed by atoms with Crippen molar-refractivity contribution in [2.24, 2.45) is 0 Å². The summed E-state index contributed by atoms with van der Waals surface area (Å²) in [7, 11) is 0. The molecule has 12 rings (SSSR count). The van der Waals surface area contributed by atoms with Gasteiger partial charge in [-0.05, 0) is 47.3 Å². The molecule has 1 aliphatic heterocycles. The van der Waals surface area contributed by atoms with Crippen LogP contribution in [0.4, 0.5) is 5.69 Å². The lowest BCUT2D eigenvalue weighted by Gasteiger charge is -2.36. The van der Waals surface area contributed by atoms with Gasteiger partial charge >= 0.3 is 0 Å². The molecule has 5 heterocycles. The lowest BCUT2D eigenvalue weighted by atomic mass is 9.94. The molecule has 11 aromatic rings. The van der Waals surface area contributed by atoms with Gasteiger partial charge in [-0.25, -0.2) is 0 Å². The second kappa shape index (κ2) is 9.19. The fourth-order valence-electron chi connectivity index (χ4n) is 9.00. The Kier molecular flexibility index (Phi) is 4.83. The van der Waals surface area contributed by atoms with Crippen molar-refractivity contribution in [3.63, 3.8) is 0 Å². The molecule has 0 radical (unpaired) electrons. The fraction of sp³-hybridized carbons (Fsp3) is 0.0455. The first-order valence-corrected chi connectivity index (χ1v) is 16.9. The summed E-state index contributed by atoms with van der Waals surface area (Å²) in [5.41, 5.74) is 11.4. The predicted octanol–water partition coefficient (Wildman–Crippen LogP) is 11.1. The lowest BCUT2D eigenvalue weighted by molar-refractivity contribution is 0.416. The van der Waals surface area contributed by atoms with Crippen molar-refractivity contribution in [1.29, 1.82) is 0 Å². The number of hydrogen-bond donors (Lipinski definition) is 2. The zero-order valence-corrected chi connectivity index (χ0v) is 26.3. The molecule has 4 aromatic heterocycles. The minimum atomic E-state index is -0.235. The zero-order valence-electron chi connectivity index (χ0n) is 26.3. The highest BCUT2D eigenvalue weighted by Gasteiger charge is 2.32. The van der Waals surface area contributed by atoms with Gasteiger partial charge in [-0.3, -0.25) is 5.32 Å². The molecule has 0 aliphatic carbocycles. The van der Waals surface area contributed by atoms with Gasteiger partial charge in [0.25, 0.3) is 0 Å². The summed E-state index contributed by atoms with van der Waals surface area (Å²) in [6, 6.07) is 52.6. The summed E-state index contributed by atoms with van der Waals surface area (Å²) < 4.78 is 11.6. The van der Waals surface area contributed by atoms with E-state index in [2.05, 4.69) is 159 Å². The third kappa shape index (κ3) is 3.23. The Balaban J connectivity index is 1.17. The van der Waals surface area contributed by atoms with E-state index in [1.807, 2.05) is 6.07 Å².